The summed E-state index contributed by atoms with van der Waals surface area (Å²) in [5.41, 5.74) is 0.677. The number of rotatable bonds is 5. The quantitative estimate of drug-likeness (QED) is 0.863. The topological polar surface area (TPSA) is 75.6 Å². The average molecular weight is 277 g/mol. The van der Waals surface area contributed by atoms with Gasteiger partial charge < -0.3 is 15.2 Å². The molecule has 1 aromatic carbocycles. The fraction of sp³-hybridized carbons (Fsp3) is 0.467. The zero-order valence-electron chi connectivity index (χ0n) is 11.5. The summed E-state index contributed by atoms with van der Waals surface area (Å²) in [5.74, 6) is -0.676. The van der Waals surface area contributed by atoms with Crippen LogP contribution >= 0.6 is 0 Å². The maximum Gasteiger partial charge on any atom is 0.326 e. The Morgan fingerprint density at radius 3 is 2.60 bits per heavy atom. The second-order valence-electron chi connectivity index (χ2n) is 5.01. The van der Waals surface area contributed by atoms with E-state index in [0.29, 0.717) is 24.3 Å². The highest BCUT2D eigenvalue weighted by molar-refractivity contribution is 5.90. The van der Waals surface area contributed by atoms with Gasteiger partial charge in [0.2, 0.25) is 0 Å². The van der Waals surface area contributed by atoms with Gasteiger partial charge in [-0.1, -0.05) is 6.42 Å². The molecular weight excluding hydrogens is 258 g/mol. The molecule has 0 radical (unpaired) electrons. The lowest BCUT2D eigenvalue weighted by atomic mass is 9.82. The summed E-state index contributed by atoms with van der Waals surface area (Å²) in [4.78, 5) is 23.3. The molecule has 0 spiro atoms. The van der Waals surface area contributed by atoms with Gasteiger partial charge in [0, 0.05) is 18.0 Å². The van der Waals surface area contributed by atoms with Crippen molar-refractivity contribution in [1.29, 1.82) is 0 Å². The number of carboxylic acids is 1. The van der Waals surface area contributed by atoms with Gasteiger partial charge in [0.15, 0.2) is 0 Å². The minimum atomic E-state index is -0.985. The van der Waals surface area contributed by atoms with E-state index >= 15 is 0 Å². The van der Waals surface area contributed by atoms with E-state index in [1.807, 2.05) is 0 Å². The summed E-state index contributed by atoms with van der Waals surface area (Å²) >= 11 is 0. The normalized spacial score (nSPS) is 20.2. The van der Waals surface area contributed by atoms with E-state index < -0.39 is 17.9 Å². The van der Waals surface area contributed by atoms with Crippen LogP contribution in [-0.2, 0) is 9.59 Å². The number of benzene rings is 1. The van der Waals surface area contributed by atoms with Crippen LogP contribution < -0.4 is 10.1 Å². The van der Waals surface area contributed by atoms with Crippen molar-refractivity contribution in [3.05, 3.63) is 24.3 Å². The van der Waals surface area contributed by atoms with Crippen molar-refractivity contribution in [3.8, 4) is 5.75 Å². The third-order valence-electron chi connectivity index (χ3n) is 3.68. The molecule has 5 heteroatoms. The predicted octanol–water partition coefficient (Wildman–Crippen LogP) is 2.32. The molecule has 1 aliphatic carbocycles. The largest absolute Gasteiger partial charge is 0.497 e. The van der Waals surface area contributed by atoms with Gasteiger partial charge in [-0.05, 0) is 37.1 Å². The van der Waals surface area contributed by atoms with Gasteiger partial charge >= 0.3 is 5.97 Å². The Bertz CT molecular complexity index is 483. The van der Waals surface area contributed by atoms with Crippen molar-refractivity contribution in [3.63, 3.8) is 0 Å². The lowest BCUT2D eigenvalue weighted by molar-refractivity contribution is -0.142. The molecule has 108 valence electrons. The van der Waals surface area contributed by atoms with Crippen molar-refractivity contribution in [2.75, 3.05) is 12.4 Å². The molecule has 2 rings (SSSR count). The summed E-state index contributed by atoms with van der Waals surface area (Å²) < 4.78 is 5.06. The predicted molar refractivity (Wildman–Crippen MR) is 75.0 cm³/mol. The SMILES string of the molecule is COc1ccc(N[C@@H](C(=O)O)C2CCCCC2=O)cc1. The number of carbonyl (C=O) groups is 2. The summed E-state index contributed by atoms with van der Waals surface area (Å²) in [5, 5.41) is 12.3. The van der Waals surface area contributed by atoms with Gasteiger partial charge in [-0.25, -0.2) is 4.79 Å². The molecule has 0 heterocycles. The number of Topliss-reactive ketones (excluding diaryl/α,β-unsaturated/α-hetero) is 1. The molecule has 1 aromatic rings. The monoisotopic (exact) mass is 277 g/mol. The van der Waals surface area contributed by atoms with Crippen molar-refractivity contribution < 1.29 is 19.4 Å². The van der Waals surface area contributed by atoms with Crippen LogP contribution in [0.25, 0.3) is 0 Å². The van der Waals surface area contributed by atoms with E-state index in [9.17, 15) is 14.7 Å². The first kappa shape index (κ1) is 14.4. The average Bonchev–Trinajstić information content (AvgIpc) is 2.46. The smallest absolute Gasteiger partial charge is 0.326 e. The highest BCUT2D eigenvalue weighted by atomic mass is 16.5. The van der Waals surface area contributed by atoms with Crippen molar-refractivity contribution in [2.24, 2.45) is 5.92 Å². The Morgan fingerprint density at radius 2 is 2.05 bits per heavy atom. The highest BCUT2D eigenvalue weighted by Gasteiger charge is 2.34. The van der Waals surface area contributed by atoms with Gasteiger partial charge in [0.25, 0.3) is 0 Å². The maximum absolute atomic E-state index is 11.9. The van der Waals surface area contributed by atoms with Crippen LogP contribution in [0.3, 0.4) is 0 Å². The molecule has 5 nitrogen and oxygen atoms in total. The second kappa shape index (κ2) is 6.41. The second-order valence-corrected chi connectivity index (χ2v) is 5.01. The molecule has 0 aromatic heterocycles. The summed E-state index contributed by atoms with van der Waals surface area (Å²) in [6.45, 7) is 0. The standard InChI is InChI=1S/C15H19NO4/c1-20-11-8-6-10(7-9-11)16-14(15(18)19)12-4-2-3-5-13(12)17/h6-9,12,14,16H,2-5H2,1H3,(H,18,19)/t12?,14-/m1/s1. The molecule has 1 unspecified atom stereocenters. The van der Waals surface area contributed by atoms with Crippen molar-refractivity contribution >= 4 is 17.4 Å². The minimum Gasteiger partial charge on any atom is -0.497 e. The van der Waals surface area contributed by atoms with Crippen molar-refractivity contribution in [1.82, 2.24) is 0 Å². The Kier molecular flexibility index (Phi) is 4.61. The van der Waals surface area contributed by atoms with Crippen LogP contribution in [0.1, 0.15) is 25.7 Å². The Morgan fingerprint density at radius 1 is 1.35 bits per heavy atom. The van der Waals surface area contributed by atoms with Gasteiger partial charge in [-0.2, -0.15) is 0 Å². The first-order chi connectivity index (χ1) is 9.61. The van der Waals surface area contributed by atoms with Gasteiger partial charge in [-0.15, -0.1) is 0 Å². The first-order valence-corrected chi connectivity index (χ1v) is 6.78. The molecule has 2 N–H and O–H groups in total. The molecule has 0 saturated heterocycles. The summed E-state index contributed by atoms with van der Waals surface area (Å²) in [6, 6.07) is 6.15. The molecule has 20 heavy (non-hydrogen) atoms. The molecular formula is C15H19NO4. The molecule has 0 aliphatic heterocycles. The van der Waals surface area contributed by atoms with Crippen LogP contribution in [0.4, 0.5) is 5.69 Å². The Balaban J connectivity index is 2.12. The number of ether oxygens (including phenoxy) is 1. The number of aliphatic carboxylic acids is 1. The fourth-order valence-electron chi connectivity index (χ4n) is 2.56. The van der Waals surface area contributed by atoms with Crippen LogP contribution in [0.5, 0.6) is 5.75 Å². The number of methoxy groups -OCH3 is 1. The lowest BCUT2D eigenvalue weighted by Gasteiger charge is -2.27. The third kappa shape index (κ3) is 3.29. The number of hydrogen-bond acceptors (Lipinski definition) is 4. The number of nitrogens with one attached hydrogen (secondary N) is 1. The fourth-order valence-corrected chi connectivity index (χ4v) is 2.56. The maximum atomic E-state index is 11.9. The molecule has 0 amide bonds. The number of carbonyl (C=O) groups excluding carboxylic acids is 1. The van der Waals surface area contributed by atoms with Crippen LogP contribution in [0.15, 0.2) is 24.3 Å². The van der Waals surface area contributed by atoms with Crippen molar-refractivity contribution in [2.45, 2.75) is 31.7 Å². The van der Waals surface area contributed by atoms with Crippen LogP contribution in [-0.4, -0.2) is 30.0 Å². The zero-order valence-corrected chi connectivity index (χ0v) is 11.5. The van der Waals surface area contributed by atoms with E-state index in [-0.39, 0.29) is 5.78 Å². The van der Waals surface area contributed by atoms with E-state index in [4.69, 9.17) is 4.74 Å². The van der Waals surface area contributed by atoms with E-state index in [1.165, 1.54) is 0 Å². The highest BCUT2D eigenvalue weighted by Crippen LogP contribution is 2.26. The van der Waals surface area contributed by atoms with Gasteiger partial charge in [0.05, 0.1) is 7.11 Å². The Labute approximate surface area is 117 Å². The van der Waals surface area contributed by atoms with E-state index in [0.717, 1.165) is 12.8 Å². The number of carboxylic acid groups (broad SMARTS) is 1. The number of ketones is 1. The van der Waals surface area contributed by atoms with Gasteiger partial charge in [-0.3, -0.25) is 4.79 Å². The lowest BCUT2D eigenvalue weighted by Crippen LogP contribution is -2.42. The molecule has 1 saturated carbocycles. The first-order valence-electron chi connectivity index (χ1n) is 6.78. The summed E-state index contributed by atoms with van der Waals surface area (Å²) in [7, 11) is 1.57. The molecule has 1 aliphatic rings. The van der Waals surface area contributed by atoms with Gasteiger partial charge in [0.1, 0.15) is 17.6 Å². The zero-order chi connectivity index (χ0) is 14.5. The van der Waals surface area contributed by atoms with Crippen LogP contribution in [0.2, 0.25) is 0 Å². The summed E-state index contributed by atoms with van der Waals surface area (Å²) in [6.07, 6.45) is 2.90. The molecule has 2 atom stereocenters. The van der Waals surface area contributed by atoms with Crippen LogP contribution in [0, 0.1) is 5.92 Å². The minimum absolute atomic E-state index is 0.0460. The number of hydrogen-bond donors (Lipinski definition) is 2. The third-order valence-corrected chi connectivity index (χ3v) is 3.68. The van der Waals surface area contributed by atoms with E-state index in [1.54, 1.807) is 31.4 Å². The molecule has 0 bridgehead atoms. The molecule has 1 fully saturated rings. The Hall–Kier alpha value is -2.04. The number of anilines is 1. The van der Waals surface area contributed by atoms with E-state index in [2.05, 4.69) is 5.32 Å².